The molecule has 0 heterocycles. The van der Waals surface area contributed by atoms with Crippen molar-refractivity contribution in [1.82, 2.24) is 15.5 Å². The van der Waals surface area contributed by atoms with Crippen molar-refractivity contribution in [2.75, 3.05) is 33.4 Å². The molecule has 2 atom stereocenters. The monoisotopic (exact) mass is 561 g/mol. The first-order valence-corrected chi connectivity index (χ1v) is 13.7. The number of nitrogens with one attached hydrogen (secondary N) is 2. The first kappa shape index (κ1) is 32.8. The lowest BCUT2D eigenvalue weighted by molar-refractivity contribution is -0.122. The maximum Gasteiger partial charge on any atom is 0.253 e. The van der Waals surface area contributed by atoms with E-state index in [0.717, 1.165) is 31.0 Å². The van der Waals surface area contributed by atoms with Crippen LogP contribution in [-0.4, -0.2) is 73.2 Å². The Balaban J connectivity index is 2.25. The van der Waals surface area contributed by atoms with Crippen LogP contribution >= 0.6 is 0 Å². The third-order valence-electron chi connectivity index (χ3n) is 6.32. The smallest absolute Gasteiger partial charge is 0.253 e. The summed E-state index contributed by atoms with van der Waals surface area (Å²) in [5, 5.41) is 16.4. The summed E-state index contributed by atoms with van der Waals surface area (Å²) in [7, 11) is 1.49. The molecule has 2 aromatic carbocycles. The number of methoxy groups -OCH3 is 1. The topological polar surface area (TPSA) is 108 Å². The number of ether oxygens (including phenoxy) is 1. The van der Waals surface area contributed by atoms with Gasteiger partial charge in [-0.15, -0.1) is 0 Å². The number of halogens is 2. The van der Waals surface area contributed by atoms with E-state index in [2.05, 4.69) is 10.6 Å². The van der Waals surface area contributed by atoms with Gasteiger partial charge in [-0.1, -0.05) is 13.8 Å². The van der Waals surface area contributed by atoms with Gasteiger partial charge in [0.2, 0.25) is 5.91 Å². The molecule has 3 amide bonds. The van der Waals surface area contributed by atoms with Gasteiger partial charge >= 0.3 is 0 Å². The summed E-state index contributed by atoms with van der Waals surface area (Å²) < 4.78 is 32.6. The Labute approximate surface area is 235 Å². The van der Waals surface area contributed by atoms with Crippen LogP contribution in [0.1, 0.15) is 71.4 Å². The molecule has 10 heteroatoms. The summed E-state index contributed by atoms with van der Waals surface area (Å²) in [5.41, 5.74) is 1.58. The van der Waals surface area contributed by atoms with E-state index in [1.54, 1.807) is 24.0 Å². The zero-order chi connectivity index (χ0) is 29.7. The number of carbonyl (C=O) groups excluding carboxylic acids is 3. The lowest BCUT2D eigenvalue weighted by atomic mass is 9.97. The molecule has 0 bridgehead atoms. The molecule has 0 unspecified atom stereocenters. The van der Waals surface area contributed by atoms with Gasteiger partial charge in [0.25, 0.3) is 11.8 Å². The van der Waals surface area contributed by atoms with Crippen LogP contribution in [0.2, 0.25) is 0 Å². The second kappa shape index (κ2) is 16.7. The Morgan fingerprint density at radius 3 is 2.20 bits per heavy atom. The maximum absolute atomic E-state index is 13.9. The van der Waals surface area contributed by atoms with Gasteiger partial charge in [0, 0.05) is 50.4 Å². The molecule has 0 aliphatic rings. The first-order chi connectivity index (χ1) is 19.1. The van der Waals surface area contributed by atoms with Gasteiger partial charge in [-0.05, 0) is 74.1 Å². The largest absolute Gasteiger partial charge is 0.391 e. The number of hydrogen-bond donors (Lipinski definition) is 3. The lowest BCUT2D eigenvalue weighted by Crippen LogP contribution is -2.46. The highest BCUT2D eigenvalue weighted by molar-refractivity contribution is 6.00. The highest BCUT2D eigenvalue weighted by Gasteiger charge is 2.24. The SMILES string of the molecule is CCCN(CCC)C(=O)c1cc(C)cc(C(=O)N[C@@H](Cc2cc(F)cc(F)c2)[C@H](O)CCNC(=O)CCOC)c1. The van der Waals surface area contributed by atoms with Crippen molar-refractivity contribution in [1.29, 1.82) is 0 Å². The first-order valence-electron chi connectivity index (χ1n) is 13.7. The van der Waals surface area contributed by atoms with Gasteiger partial charge < -0.3 is 25.4 Å². The molecule has 220 valence electrons. The second-order valence-electron chi connectivity index (χ2n) is 9.89. The van der Waals surface area contributed by atoms with Crippen molar-refractivity contribution in [3.63, 3.8) is 0 Å². The zero-order valence-electron chi connectivity index (χ0n) is 23.8. The highest BCUT2D eigenvalue weighted by Crippen LogP contribution is 2.16. The molecule has 2 aromatic rings. The average Bonchev–Trinajstić information content (AvgIpc) is 2.90. The van der Waals surface area contributed by atoms with Gasteiger partial charge in [-0.3, -0.25) is 14.4 Å². The molecule has 0 saturated carbocycles. The number of rotatable bonds is 16. The van der Waals surface area contributed by atoms with E-state index in [-0.39, 0.29) is 55.4 Å². The van der Waals surface area contributed by atoms with E-state index in [1.165, 1.54) is 13.2 Å². The van der Waals surface area contributed by atoms with Crippen LogP contribution in [0.25, 0.3) is 0 Å². The van der Waals surface area contributed by atoms with Crippen molar-refractivity contribution in [3.05, 3.63) is 70.3 Å². The molecule has 2 rings (SSSR count). The third kappa shape index (κ3) is 10.7. The maximum atomic E-state index is 13.9. The highest BCUT2D eigenvalue weighted by atomic mass is 19.1. The minimum atomic E-state index is -1.14. The van der Waals surface area contributed by atoms with Gasteiger partial charge in [0.05, 0.1) is 18.8 Å². The fourth-order valence-corrected chi connectivity index (χ4v) is 4.44. The molecule has 8 nitrogen and oxygen atoms in total. The predicted octanol–water partition coefficient (Wildman–Crippen LogP) is 3.78. The number of aryl methyl sites for hydroxylation is 1. The summed E-state index contributed by atoms with van der Waals surface area (Å²) >= 11 is 0. The second-order valence-corrected chi connectivity index (χ2v) is 9.89. The van der Waals surface area contributed by atoms with E-state index < -0.39 is 29.7 Å². The molecule has 0 aliphatic heterocycles. The van der Waals surface area contributed by atoms with Crippen LogP contribution in [0.3, 0.4) is 0 Å². The zero-order valence-corrected chi connectivity index (χ0v) is 23.8. The van der Waals surface area contributed by atoms with E-state index in [4.69, 9.17) is 4.74 Å². The van der Waals surface area contributed by atoms with Crippen molar-refractivity contribution < 1.29 is 33.0 Å². The Hall–Kier alpha value is -3.37. The van der Waals surface area contributed by atoms with Crippen LogP contribution in [0.4, 0.5) is 8.78 Å². The minimum absolute atomic E-state index is 0.0579. The molecule has 0 aliphatic carbocycles. The quantitative estimate of drug-likeness (QED) is 0.289. The number of nitrogens with zero attached hydrogens (tertiary/aromatic N) is 1. The fourth-order valence-electron chi connectivity index (χ4n) is 4.44. The Bertz CT molecular complexity index is 1120. The molecule has 0 fully saturated rings. The normalized spacial score (nSPS) is 12.5. The molecule has 3 N–H and O–H groups in total. The van der Waals surface area contributed by atoms with E-state index in [0.29, 0.717) is 24.2 Å². The van der Waals surface area contributed by atoms with Gasteiger partial charge in [0.15, 0.2) is 0 Å². The molecule has 0 aromatic heterocycles. The minimum Gasteiger partial charge on any atom is -0.391 e. The van der Waals surface area contributed by atoms with E-state index >= 15 is 0 Å². The van der Waals surface area contributed by atoms with E-state index in [9.17, 15) is 28.3 Å². The molecular formula is C30H41F2N3O5. The summed E-state index contributed by atoms with van der Waals surface area (Å²) in [4.78, 5) is 40.1. The summed E-state index contributed by atoms with van der Waals surface area (Å²) in [6.45, 7) is 7.35. The Kier molecular flexibility index (Phi) is 13.7. The molecule has 0 spiro atoms. The van der Waals surface area contributed by atoms with Crippen LogP contribution in [0.15, 0.2) is 36.4 Å². The van der Waals surface area contributed by atoms with Gasteiger partial charge in [-0.2, -0.15) is 0 Å². The number of carbonyl (C=O) groups is 3. The summed E-state index contributed by atoms with van der Waals surface area (Å²) in [6.07, 6.45) is 0.654. The van der Waals surface area contributed by atoms with Crippen LogP contribution in [-0.2, 0) is 16.0 Å². The average molecular weight is 562 g/mol. The molecular weight excluding hydrogens is 520 g/mol. The summed E-state index contributed by atoms with van der Waals surface area (Å²) in [6, 6.07) is 6.98. The number of amides is 3. The van der Waals surface area contributed by atoms with Crippen molar-refractivity contribution in [2.24, 2.45) is 0 Å². The van der Waals surface area contributed by atoms with Crippen molar-refractivity contribution >= 4 is 17.7 Å². The number of aliphatic hydroxyl groups is 1. The Morgan fingerprint density at radius 1 is 0.975 bits per heavy atom. The van der Waals surface area contributed by atoms with E-state index in [1.807, 2.05) is 13.8 Å². The third-order valence-corrected chi connectivity index (χ3v) is 6.32. The fraction of sp³-hybridized carbons (Fsp3) is 0.500. The standard InChI is InChI=1S/C30H41F2N3O5/c1-5-10-35(11-6-2)30(39)23-14-20(3)13-22(18-23)29(38)34-26(17-21-15-24(31)19-25(32)16-21)27(36)7-9-33-28(37)8-12-40-4/h13-16,18-19,26-27,36H,5-12,17H2,1-4H3,(H,33,37)(H,34,38)/t26-,27+/m0/s1. The summed E-state index contributed by atoms with van der Waals surface area (Å²) in [5.74, 6) is -2.51. The van der Waals surface area contributed by atoms with Crippen LogP contribution in [0.5, 0.6) is 0 Å². The van der Waals surface area contributed by atoms with Crippen LogP contribution in [0, 0.1) is 18.6 Å². The van der Waals surface area contributed by atoms with Crippen LogP contribution < -0.4 is 10.6 Å². The predicted molar refractivity (Wildman–Crippen MR) is 149 cm³/mol. The number of aliphatic hydroxyl groups excluding tert-OH is 1. The van der Waals surface area contributed by atoms with Crippen molar-refractivity contribution in [2.45, 2.75) is 65.0 Å². The number of benzene rings is 2. The number of hydrogen-bond acceptors (Lipinski definition) is 5. The van der Waals surface area contributed by atoms with Crippen molar-refractivity contribution in [3.8, 4) is 0 Å². The van der Waals surface area contributed by atoms with Gasteiger partial charge in [0.1, 0.15) is 11.6 Å². The molecule has 0 saturated heterocycles. The Morgan fingerprint density at radius 2 is 1.60 bits per heavy atom. The lowest BCUT2D eigenvalue weighted by Gasteiger charge is -2.25. The molecule has 40 heavy (non-hydrogen) atoms. The van der Waals surface area contributed by atoms with Gasteiger partial charge in [-0.25, -0.2) is 8.78 Å². The molecule has 0 radical (unpaired) electrons.